The summed E-state index contributed by atoms with van der Waals surface area (Å²) in [5.41, 5.74) is 1.14. The summed E-state index contributed by atoms with van der Waals surface area (Å²) in [7, 11) is 1.48. The minimum Gasteiger partial charge on any atom is -0.493 e. The van der Waals surface area contributed by atoms with Crippen LogP contribution in [0.15, 0.2) is 27.9 Å². The topological polar surface area (TPSA) is 188 Å². The number of fused-ring (bicyclic) bond motifs is 23. The lowest BCUT2D eigenvalue weighted by Gasteiger charge is -2.26. The smallest absolute Gasteiger partial charge is 0.273 e. The van der Waals surface area contributed by atoms with E-state index in [9.17, 15) is 29.1 Å². The molecule has 2 aliphatic rings. The molecule has 0 unspecified atom stereocenters. The lowest BCUT2D eigenvalue weighted by Crippen LogP contribution is -2.57. The van der Waals surface area contributed by atoms with Crippen LogP contribution in [0, 0.1) is 5.92 Å². The van der Waals surface area contributed by atoms with Gasteiger partial charge in [0.25, 0.3) is 11.8 Å². The molecule has 2 bridgehead atoms. The quantitative estimate of drug-likeness (QED) is 0.217. The largest absolute Gasteiger partial charge is 0.493 e. The number of carbonyl (C=O) groups is 5. The molecule has 0 radical (unpaired) electrons. The van der Waals surface area contributed by atoms with E-state index in [1.165, 1.54) is 37.1 Å². The Hall–Kier alpha value is -3.89. The van der Waals surface area contributed by atoms with E-state index in [0.29, 0.717) is 68.9 Å². The highest BCUT2D eigenvalue weighted by atomic mass is 32.2. The van der Waals surface area contributed by atoms with Crippen LogP contribution in [0.1, 0.15) is 68.9 Å². The van der Waals surface area contributed by atoms with E-state index < -0.39 is 30.0 Å². The van der Waals surface area contributed by atoms with Gasteiger partial charge in [0, 0.05) is 38.0 Å². The predicted octanol–water partition coefficient (Wildman–Crippen LogP) is 2.14. The van der Waals surface area contributed by atoms with Crippen molar-refractivity contribution >= 4 is 52.6 Å². The van der Waals surface area contributed by atoms with Crippen LogP contribution in [0.3, 0.4) is 0 Å². The third kappa shape index (κ3) is 13.1. The van der Waals surface area contributed by atoms with E-state index in [1.54, 1.807) is 28.5 Å². The Labute approximate surface area is 301 Å². The van der Waals surface area contributed by atoms with E-state index in [0.717, 1.165) is 9.90 Å². The van der Waals surface area contributed by atoms with Crippen LogP contribution in [-0.2, 0) is 25.6 Å². The van der Waals surface area contributed by atoms with Gasteiger partial charge in [0.05, 0.1) is 13.2 Å². The monoisotopic (exact) mass is 734 g/mol. The SMILES string of the molecule is COc1cc2ccc1OCC(=O)NCCCN(C(=O)c1csc(SC)n1)CCCCNC(=O)[C@H]([C@@H](C)O)NC(=O)[C@@H](CC(C)C)NC(=O)CC2. The fraction of sp³-hybridized carbons (Fsp3) is 0.588. The highest BCUT2D eigenvalue weighted by molar-refractivity contribution is 8.00. The Kier molecular flexibility index (Phi) is 16.8. The third-order valence-electron chi connectivity index (χ3n) is 7.89. The highest BCUT2D eigenvalue weighted by Gasteiger charge is 2.30. The number of benzene rings is 1. The minimum absolute atomic E-state index is 0.0543. The number of nitrogens with zero attached hydrogens (tertiary/aromatic N) is 2. The summed E-state index contributed by atoms with van der Waals surface area (Å²) in [6.45, 7) is 6.34. The Bertz CT molecular complexity index is 1450. The van der Waals surface area contributed by atoms with Crippen LogP contribution >= 0.6 is 23.1 Å². The molecule has 0 fully saturated rings. The van der Waals surface area contributed by atoms with Gasteiger partial charge in [-0.25, -0.2) is 4.98 Å². The van der Waals surface area contributed by atoms with E-state index in [1.807, 2.05) is 20.1 Å². The van der Waals surface area contributed by atoms with Gasteiger partial charge in [-0.3, -0.25) is 24.0 Å². The first kappa shape index (κ1) is 40.5. The van der Waals surface area contributed by atoms with Gasteiger partial charge < -0.3 is 40.7 Å². The summed E-state index contributed by atoms with van der Waals surface area (Å²) in [5.74, 6) is -1.20. The molecule has 4 rings (SSSR count). The Balaban J connectivity index is 1.78. The number of rotatable bonds is 6. The summed E-state index contributed by atoms with van der Waals surface area (Å²) < 4.78 is 12.0. The van der Waals surface area contributed by atoms with Gasteiger partial charge in [-0.15, -0.1) is 11.3 Å². The molecule has 0 spiro atoms. The van der Waals surface area contributed by atoms with Gasteiger partial charge in [-0.05, 0) is 68.9 Å². The number of carbonyl (C=O) groups excluding carboxylic acids is 5. The molecule has 2 aliphatic heterocycles. The van der Waals surface area contributed by atoms with Crippen molar-refractivity contribution in [2.75, 3.05) is 46.2 Å². The van der Waals surface area contributed by atoms with Crippen molar-refractivity contribution in [2.24, 2.45) is 5.92 Å². The third-order valence-corrected chi connectivity index (χ3v) is 9.76. The second-order valence-electron chi connectivity index (χ2n) is 12.4. The van der Waals surface area contributed by atoms with Gasteiger partial charge in [0.1, 0.15) is 22.1 Å². The van der Waals surface area contributed by atoms with Crippen molar-refractivity contribution in [3.8, 4) is 11.5 Å². The van der Waals surface area contributed by atoms with Gasteiger partial charge in [-0.1, -0.05) is 31.7 Å². The Morgan fingerprint density at radius 1 is 1.04 bits per heavy atom. The summed E-state index contributed by atoms with van der Waals surface area (Å²) in [6.07, 6.45) is 3.03. The second-order valence-corrected chi connectivity index (χ2v) is 14.4. The molecule has 5 amide bonds. The molecule has 1 aromatic heterocycles. The van der Waals surface area contributed by atoms with Crippen LogP contribution in [0.5, 0.6) is 11.5 Å². The molecule has 2 aromatic rings. The first-order chi connectivity index (χ1) is 23.9. The summed E-state index contributed by atoms with van der Waals surface area (Å²) in [6, 6.07) is 3.02. The number of thiazole rings is 1. The van der Waals surface area contributed by atoms with Crippen LogP contribution < -0.4 is 30.7 Å². The second kappa shape index (κ2) is 20.7. The molecule has 3 heterocycles. The normalized spacial score (nSPS) is 20.3. The molecule has 0 aliphatic carbocycles. The van der Waals surface area contributed by atoms with Crippen LogP contribution in [-0.4, -0.2) is 109 Å². The first-order valence-electron chi connectivity index (χ1n) is 16.8. The fourth-order valence-electron chi connectivity index (χ4n) is 5.24. The van der Waals surface area contributed by atoms with E-state index in [4.69, 9.17) is 9.47 Å². The average molecular weight is 735 g/mol. The molecule has 1 aromatic carbocycles. The number of amides is 5. The number of hydrogen-bond acceptors (Lipinski definition) is 11. The lowest BCUT2D eigenvalue weighted by atomic mass is 10.0. The van der Waals surface area contributed by atoms with Crippen LogP contribution in [0.4, 0.5) is 0 Å². The zero-order valence-electron chi connectivity index (χ0n) is 29.4. The van der Waals surface area contributed by atoms with Gasteiger partial charge in [0.2, 0.25) is 17.7 Å². The summed E-state index contributed by atoms with van der Waals surface area (Å²) in [5, 5.41) is 23.1. The molecule has 0 saturated carbocycles. The first-order valence-corrected chi connectivity index (χ1v) is 18.9. The summed E-state index contributed by atoms with van der Waals surface area (Å²) >= 11 is 2.86. The van der Waals surface area contributed by atoms with E-state index in [2.05, 4.69) is 26.3 Å². The zero-order chi connectivity index (χ0) is 36.6. The number of aryl methyl sites for hydroxylation is 1. The average Bonchev–Trinajstić information content (AvgIpc) is 3.57. The maximum atomic E-state index is 13.4. The van der Waals surface area contributed by atoms with E-state index in [-0.39, 0.29) is 43.2 Å². The van der Waals surface area contributed by atoms with Crippen molar-refractivity contribution in [1.82, 2.24) is 31.2 Å². The fourth-order valence-corrected chi connectivity index (χ4v) is 6.48. The van der Waals surface area contributed by atoms with Crippen molar-refractivity contribution in [3.63, 3.8) is 0 Å². The van der Waals surface area contributed by atoms with Gasteiger partial charge in [-0.2, -0.15) is 0 Å². The number of hydrogen-bond donors (Lipinski definition) is 5. The van der Waals surface area contributed by atoms with Crippen molar-refractivity contribution in [2.45, 2.75) is 81.8 Å². The van der Waals surface area contributed by atoms with Crippen molar-refractivity contribution in [1.29, 1.82) is 0 Å². The van der Waals surface area contributed by atoms with Crippen molar-refractivity contribution < 1.29 is 38.6 Å². The lowest BCUT2D eigenvalue weighted by molar-refractivity contribution is -0.134. The van der Waals surface area contributed by atoms with Crippen LogP contribution in [0.25, 0.3) is 0 Å². The molecular formula is C34H50N6O8S2. The molecule has 50 heavy (non-hydrogen) atoms. The maximum absolute atomic E-state index is 13.4. The van der Waals surface area contributed by atoms with Crippen LogP contribution in [0.2, 0.25) is 0 Å². The molecule has 3 atom stereocenters. The van der Waals surface area contributed by atoms with E-state index >= 15 is 0 Å². The summed E-state index contributed by atoms with van der Waals surface area (Å²) in [4.78, 5) is 71.4. The van der Waals surface area contributed by atoms with Gasteiger partial charge in [0.15, 0.2) is 18.1 Å². The highest BCUT2D eigenvalue weighted by Crippen LogP contribution is 2.28. The molecule has 0 saturated heterocycles. The number of aromatic nitrogens is 1. The number of thioether (sulfide) groups is 1. The molecule has 14 nitrogen and oxygen atoms in total. The maximum Gasteiger partial charge on any atom is 0.273 e. The molecule has 16 heteroatoms. The Morgan fingerprint density at radius 2 is 1.78 bits per heavy atom. The minimum atomic E-state index is -1.23. The molecule has 5 N–H and O–H groups in total. The predicted molar refractivity (Wildman–Crippen MR) is 191 cm³/mol. The number of aliphatic hydroxyl groups excluding tert-OH is 1. The number of nitrogens with one attached hydrogen (secondary N) is 4. The number of ether oxygens (including phenoxy) is 2. The van der Waals surface area contributed by atoms with Gasteiger partial charge >= 0.3 is 0 Å². The number of methoxy groups -OCH3 is 1. The zero-order valence-corrected chi connectivity index (χ0v) is 31.0. The van der Waals surface area contributed by atoms with Crippen molar-refractivity contribution in [3.05, 3.63) is 34.8 Å². The number of aliphatic hydroxyl groups is 1. The molecule has 276 valence electrons. The molecular weight excluding hydrogens is 685 g/mol. The Morgan fingerprint density at radius 3 is 2.46 bits per heavy atom. The standard InChI is InChI=1S/C34H50N6O8S2/c1-21(2)17-24-31(44)39-30(22(3)41)32(45)36-13-6-7-15-40(33(46)25-20-50-34(38-25)49-5)16-8-14-35-29(43)19-48-26-11-9-23(18-27(26)47-4)10-12-28(42)37-24/h9,11,18,20-22,24,30,41H,6-8,10,12-17,19H2,1-5H3,(H,35,43)(H,36,45)(H,37,42)(H,39,44)/t22-,24-,30+/m1/s1.